The number of nitrogens with zero attached hydrogens (tertiary/aromatic N) is 4. The van der Waals surface area contributed by atoms with Crippen molar-refractivity contribution in [1.82, 2.24) is 36.1 Å². The van der Waals surface area contributed by atoms with Gasteiger partial charge in [-0.1, -0.05) is 28.7 Å². The van der Waals surface area contributed by atoms with Gasteiger partial charge in [0.05, 0.1) is 5.92 Å². The lowest BCUT2D eigenvalue weighted by Gasteiger charge is -2.40. The van der Waals surface area contributed by atoms with Crippen LogP contribution in [-0.2, 0) is 17.9 Å². The number of amides is 1. The van der Waals surface area contributed by atoms with Crippen LogP contribution in [0.3, 0.4) is 0 Å². The van der Waals surface area contributed by atoms with Crippen LogP contribution >= 0.6 is 0 Å². The van der Waals surface area contributed by atoms with E-state index in [2.05, 4.69) is 50.4 Å². The molecule has 2 atom stereocenters. The fraction of sp³-hybridized carbons (Fsp3) is 0.348. The van der Waals surface area contributed by atoms with Gasteiger partial charge < -0.3 is 10.6 Å². The van der Waals surface area contributed by atoms with Crippen LogP contribution < -0.4 is 16.1 Å². The summed E-state index contributed by atoms with van der Waals surface area (Å²) in [6, 6.07) is 8.59. The second-order valence-corrected chi connectivity index (χ2v) is 8.23. The van der Waals surface area contributed by atoms with E-state index in [1.165, 1.54) is 17.2 Å². The van der Waals surface area contributed by atoms with E-state index in [0.29, 0.717) is 18.3 Å². The Kier molecular flexibility index (Phi) is 5.36. The molecule has 1 aliphatic carbocycles. The third-order valence-electron chi connectivity index (χ3n) is 6.39. The van der Waals surface area contributed by atoms with Gasteiger partial charge in [0.2, 0.25) is 5.91 Å². The van der Waals surface area contributed by atoms with Crippen molar-refractivity contribution in [3.05, 3.63) is 82.2 Å². The Morgan fingerprint density at radius 3 is 2.84 bits per heavy atom. The first-order chi connectivity index (χ1) is 15.6. The summed E-state index contributed by atoms with van der Waals surface area (Å²) in [7, 11) is 1.93. The van der Waals surface area contributed by atoms with Crippen LogP contribution in [0, 0.1) is 0 Å². The van der Waals surface area contributed by atoms with Crippen molar-refractivity contribution >= 4 is 5.91 Å². The highest BCUT2D eigenvalue weighted by Crippen LogP contribution is 2.52. The Labute approximate surface area is 185 Å². The highest BCUT2D eigenvalue weighted by molar-refractivity contribution is 5.91. The first kappa shape index (κ1) is 20.6. The maximum atomic E-state index is 14.7. The number of aryl methyl sites for hydroxylation is 1. The lowest BCUT2D eigenvalue weighted by molar-refractivity contribution is -0.115. The third-order valence-corrected chi connectivity index (χ3v) is 6.39. The van der Waals surface area contributed by atoms with Crippen LogP contribution in [0.4, 0.5) is 4.48 Å². The van der Waals surface area contributed by atoms with Gasteiger partial charge in [0, 0.05) is 43.4 Å². The molecular formula is C23H26FN7O. The molecule has 1 aromatic heterocycles. The average Bonchev–Trinajstić information content (AvgIpc) is 3.20. The van der Waals surface area contributed by atoms with Gasteiger partial charge >= 0.3 is 0 Å². The molecule has 0 saturated heterocycles. The molecule has 1 amide bonds. The number of halogens is 1. The number of carbonyl (C=O) groups is 1. The van der Waals surface area contributed by atoms with Crippen LogP contribution in [0.5, 0.6) is 0 Å². The predicted octanol–water partition coefficient (Wildman–Crippen LogP) is 2.19. The molecule has 32 heavy (non-hydrogen) atoms. The second-order valence-electron chi connectivity index (χ2n) is 8.23. The largest absolute Gasteiger partial charge is 0.329 e. The van der Waals surface area contributed by atoms with Crippen molar-refractivity contribution in [2.45, 2.75) is 38.3 Å². The molecule has 2 aliphatic heterocycles. The molecule has 0 bridgehead atoms. The highest BCUT2D eigenvalue weighted by Gasteiger charge is 2.43. The van der Waals surface area contributed by atoms with Crippen molar-refractivity contribution < 1.29 is 9.28 Å². The number of hydrazine groups is 1. The van der Waals surface area contributed by atoms with Gasteiger partial charge in [-0.15, -0.1) is 5.23 Å². The van der Waals surface area contributed by atoms with Crippen LogP contribution in [0.1, 0.15) is 42.1 Å². The second kappa shape index (κ2) is 8.33. The van der Waals surface area contributed by atoms with Crippen molar-refractivity contribution in [1.29, 1.82) is 0 Å². The SMILES string of the molecule is CCn1ncnc1C1C2=CNC(=O)C=C3C2=C(CNN3F)CC1c1ccc(CNC)cc1. The number of benzene rings is 1. The lowest BCUT2D eigenvalue weighted by Crippen LogP contribution is -2.41. The zero-order valence-electron chi connectivity index (χ0n) is 18.1. The fourth-order valence-corrected chi connectivity index (χ4v) is 4.98. The number of carbonyl (C=O) groups excluding carboxylic acids is 1. The average molecular weight is 436 g/mol. The van der Waals surface area contributed by atoms with Gasteiger partial charge in [0.1, 0.15) is 17.8 Å². The summed E-state index contributed by atoms with van der Waals surface area (Å²) in [6.45, 7) is 3.88. The van der Waals surface area contributed by atoms with Crippen LogP contribution in [-0.4, -0.2) is 39.5 Å². The number of nitrogens with one attached hydrogen (secondary N) is 3. The highest BCUT2D eigenvalue weighted by atomic mass is 19.2. The number of aromatic nitrogens is 3. The molecule has 3 aliphatic rings. The van der Waals surface area contributed by atoms with Crippen LogP contribution in [0.15, 0.2) is 65.3 Å². The van der Waals surface area contributed by atoms with Gasteiger partial charge in [-0.2, -0.15) is 5.10 Å². The monoisotopic (exact) mass is 435 g/mol. The van der Waals surface area contributed by atoms with E-state index in [9.17, 15) is 9.28 Å². The third kappa shape index (κ3) is 3.43. The minimum atomic E-state index is -0.358. The van der Waals surface area contributed by atoms with Crippen molar-refractivity contribution in [3.8, 4) is 0 Å². The van der Waals surface area contributed by atoms with Crippen LogP contribution in [0.25, 0.3) is 0 Å². The van der Waals surface area contributed by atoms with Gasteiger partial charge in [-0.25, -0.2) is 15.1 Å². The maximum absolute atomic E-state index is 14.7. The van der Waals surface area contributed by atoms with Crippen molar-refractivity contribution in [2.75, 3.05) is 13.6 Å². The minimum absolute atomic E-state index is 0.0716. The van der Waals surface area contributed by atoms with Crippen molar-refractivity contribution in [3.63, 3.8) is 0 Å². The van der Waals surface area contributed by atoms with E-state index in [0.717, 1.165) is 35.5 Å². The molecule has 8 nitrogen and oxygen atoms in total. The van der Waals surface area contributed by atoms with Gasteiger partial charge in [0.15, 0.2) is 0 Å². The molecular weight excluding hydrogens is 409 g/mol. The number of rotatable bonds is 5. The molecule has 2 aromatic rings. The zero-order valence-corrected chi connectivity index (χ0v) is 18.1. The van der Waals surface area contributed by atoms with E-state index in [4.69, 9.17) is 0 Å². The topological polar surface area (TPSA) is 87.1 Å². The molecule has 0 spiro atoms. The van der Waals surface area contributed by atoms with Crippen molar-refractivity contribution in [2.24, 2.45) is 0 Å². The summed E-state index contributed by atoms with van der Waals surface area (Å²) in [4.78, 5) is 16.9. The smallest absolute Gasteiger partial charge is 0.250 e. The summed E-state index contributed by atoms with van der Waals surface area (Å²) in [6.07, 6.45) is 5.32. The lowest BCUT2D eigenvalue weighted by atomic mass is 9.68. The minimum Gasteiger partial charge on any atom is -0.329 e. The first-order valence-corrected chi connectivity index (χ1v) is 10.9. The Bertz CT molecular complexity index is 1130. The quantitative estimate of drug-likeness (QED) is 0.624. The predicted molar refractivity (Wildman–Crippen MR) is 117 cm³/mol. The summed E-state index contributed by atoms with van der Waals surface area (Å²) in [5, 5.41) is 10.8. The standard InChI is InChI=1S/C23H26FN7O/c1-3-30-23(27-13-29-30)22-17(15-6-4-14(5-7-15)10-25-2)8-16-11-28-31(24)19-9-20(32)26-12-18(22)21(16)19/h4-7,9,12-13,17,22,25,28H,3,8,10-11H2,1-2H3,(H,26,32). The Morgan fingerprint density at radius 2 is 2.09 bits per heavy atom. The van der Waals surface area contributed by atoms with E-state index < -0.39 is 0 Å². The normalized spacial score (nSPS) is 22.7. The first-order valence-electron chi connectivity index (χ1n) is 10.9. The molecule has 0 radical (unpaired) electrons. The molecule has 1 aromatic carbocycles. The Hall–Kier alpha value is -3.30. The zero-order chi connectivity index (χ0) is 22.2. The molecule has 0 fully saturated rings. The van der Waals surface area contributed by atoms with E-state index in [-0.39, 0.29) is 23.4 Å². The molecule has 2 unspecified atom stereocenters. The molecule has 166 valence electrons. The molecule has 9 heteroatoms. The number of hydrogen-bond donors (Lipinski definition) is 3. The van der Waals surface area contributed by atoms with Gasteiger partial charge in [-0.05, 0) is 42.7 Å². The number of allylic oxidation sites excluding steroid dienone is 1. The van der Waals surface area contributed by atoms with E-state index in [1.807, 2.05) is 18.7 Å². The molecule has 5 rings (SSSR count). The summed E-state index contributed by atoms with van der Waals surface area (Å²) in [5.74, 6) is 0.347. The Balaban J connectivity index is 1.68. The van der Waals surface area contributed by atoms with E-state index in [1.54, 1.807) is 12.5 Å². The summed E-state index contributed by atoms with van der Waals surface area (Å²) < 4.78 is 16.6. The molecule has 3 heterocycles. The summed E-state index contributed by atoms with van der Waals surface area (Å²) >= 11 is 0. The maximum Gasteiger partial charge on any atom is 0.250 e. The fourth-order valence-electron chi connectivity index (χ4n) is 4.98. The Morgan fingerprint density at radius 1 is 1.28 bits per heavy atom. The van der Waals surface area contributed by atoms with Crippen LogP contribution in [0.2, 0.25) is 0 Å². The number of hydrogen-bond acceptors (Lipinski definition) is 6. The molecule has 0 saturated carbocycles. The summed E-state index contributed by atoms with van der Waals surface area (Å²) in [5.41, 5.74) is 8.09. The van der Waals surface area contributed by atoms with Gasteiger partial charge in [0.25, 0.3) is 0 Å². The molecule has 3 N–H and O–H groups in total. The van der Waals surface area contributed by atoms with Gasteiger partial charge in [-0.3, -0.25) is 4.79 Å². The van der Waals surface area contributed by atoms with E-state index >= 15 is 0 Å².